The van der Waals surface area contributed by atoms with Crippen LogP contribution >= 0.6 is 11.3 Å². The molecule has 8 heteroatoms. The van der Waals surface area contributed by atoms with Gasteiger partial charge >= 0.3 is 0 Å². The molecule has 0 radical (unpaired) electrons. The van der Waals surface area contributed by atoms with Gasteiger partial charge in [-0.15, -0.1) is 11.3 Å². The quantitative estimate of drug-likeness (QED) is 0.864. The van der Waals surface area contributed by atoms with Gasteiger partial charge in [-0.1, -0.05) is 0 Å². The summed E-state index contributed by atoms with van der Waals surface area (Å²) in [5, 5.41) is 2.76. The van der Waals surface area contributed by atoms with Gasteiger partial charge in [0.2, 0.25) is 10.0 Å². The van der Waals surface area contributed by atoms with Crippen LogP contribution in [-0.4, -0.2) is 27.7 Å². The summed E-state index contributed by atoms with van der Waals surface area (Å²) in [7, 11) is -2.01. The van der Waals surface area contributed by atoms with Crippen molar-refractivity contribution < 1.29 is 17.9 Å². The van der Waals surface area contributed by atoms with Crippen molar-refractivity contribution in [1.82, 2.24) is 0 Å². The number of hydrogen-bond donors (Lipinski definition) is 2. The Morgan fingerprint density at radius 3 is 2.43 bits per heavy atom. The van der Waals surface area contributed by atoms with Crippen LogP contribution in [0.2, 0.25) is 0 Å². The van der Waals surface area contributed by atoms with Gasteiger partial charge in [0.15, 0.2) is 0 Å². The second kappa shape index (κ2) is 6.59. The normalized spacial score (nSPS) is 11.1. The molecule has 0 unspecified atom stereocenters. The molecule has 1 amide bonds. The van der Waals surface area contributed by atoms with Gasteiger partial charge in [0.05, 0.1) is 23.9 Å². The van der Waals surface area contributed by atoms with E-state index >= 15 is 0 Å². The predicted molar refractivity (Wildman–Crippen MR) is 93.2 cm³/mol. The number of amides is 1. The number of carbonyl (C=O) groups is 1. The molecule has 0 aliphatic rings. The van der Waals surface area contributed by atoms with Crippen molar-refractivity contribution in [3.05, 3.63) is 39.6 Å². The average molecular weight is 354 g/mol. The lowest BCUT2D eigenvalue weighted by Gasteiger charge is -2.12. The summed E-state index contributed by atoms with van der Waals surface area (Å²) in [5.41, 5.74) is 1.81. The molecule has 1 aromatic carbocycles. The van der Waals surface area contributed by atoms with Crippen molar-refractivity contribution in [3.8, 4) is 5.75 Å². The van der Waals surface area contributed by atoms with E-state index in [9.17, 15) is 13.2 Å². The Morgan fingerprint density at radius 2 is 1.91 bits per heavy atom. The Kier molecular flexibility index (Phi) is 4.96. The molecule has 1 aromatic heterocycles. The van der Waals surface area contributed by atoms with E-state index in [-0.39, 0.29) is 11.6 Å². The summed E-state index contributed by atoms with van der Waals surface area (Å²) in [6.45, 7) is 3.91. The van der Waals surface area contributed by atoms with Gasteiger partial charge in [-0.2, -0.15) is 0 Å². The van der Waals surface area contributed by atoms with Crippen LogP contribution in [0.25, 0.3) is 0 Å². The van der Waals surface area contributed by atoms with Crippen molar-refractivity contribution in [2.75, 3.05) is 23.4 Å². The molecule has 0 aliphatic carbocycles. The monoisotopic (exact) mass is 354 g/mol. The number of benzene rings is 1. The van der Waals surface area contributed by atoms with Crippen molar-refractivity contribution in [2.45, 2.75) is 13.8 Å². The first-order valence-electron chi connectivity index (χ1n) is 6.74. The summed E-state index contributed by atoms with van der Waals surface area (Å²) in [6.07, 6.45) is 1.05. The number of ether oxygens (including phenoxy) is 1. The van der Waals surface area contributed by atoms with E-state index in [1.807, 2.05) is 19.9 Å². The van der Waals surface area contributed by atoms with Gasteiger partial charge in [-0.05, 0) is 43.7 Å². The van der Waals surface area contributed by atoms with Crippen molar-refractivity contribution >= 4 is 38.6 Å². The molecule has 0 fully saturated rings. The van der Waals surface area contributed by atoms with Gasteiger partial charge < -0.3 is 10.1 Å². The Morgan fingerprint density at radius 1 is 1.22 bits per heavy atom. The van der Waals surface area contributed by atoms with Crippen LogP contribution in [-0.2, 0) is 10.0 Å². The van der Waals surface area contributed by atoms with Crippen LogP contribution in [0.4, 0.5) is 11.4 Å². The van der Waals surface area contributed by atoms with Crippen LogP contribution in [0.1, 0.15) is 20.1 Å². The molecule has 0 aliphatic heterocycles. The largest absolute Gasteiger partial charge is 0.495 e. The highest BCUT2D eigenvalue weighted by Crippen LogP contribution is 2.29. The lowest BCUT2D eigenvalue weighted by atomic mass is 10.2. The SMILES string of the molecule is COc1ccc(NC(=O)c2cc(C)c(C)s2)cc1NS(C)(=O)=O. The Bertz CT molecular complexity index is 822. The maximum atomic E-state index is 12.3. The lowest BCUT2D eigenvalue weighted by molar-refractivity contribution is 0.103. The number of thiophene rings is 1. The van der Waals surface area contributed by atoms with Gasteiger partial charge in [-0.25, -0.2) is 8.42 Å². The van der Waals surface area contributed by atoms with Gasteiger partial charge in [0.25, 0.3) is 5.91 Å². The van der Waals surface area contributed by atoms with E-state index in [0.717, 1.165) is 16.7 Å². The van der Waals surface area contributed by atoms with Crippen molar-refractivity contribution in [1.29, 1.82) is 0 Å². The Hall–Kier alpha value is -2.06. The highest BCUT2D eigenvalue weighted by atomic mass is 32.2. The lowest BCUT2D eigenvalue weighted by Crippen LogP contribution is -2.13. The Balaban J connectivity index is 2.26. The molecular formula is C15H18N2O4S2. The van der Waals surface area contributed by atoms with Crippen LogP contribution in [0.15, 0.2) is 24.3 Å². The van der Waals surface area contributed by atoms with E-state index in [4.69, 9.17) is 4.74 Å². The Labute approximate surface area is 139 Å². The zero-order valence-corrected chi connectivity index (χ0v) is 14.9. The third-order valence-electron chi connectivity index (χ3n) is 3.14. The van der Waals surface area contributed by atoms with Crippen LogP contribution in [0.3, 0.4) is 0 Å². The zero-order chi connectivity index (χ0) is 17.2. The van der Waals surface area contributed by atoms with Gasteiger partial charge in [-0.3, -0.25) is 9.52 Å². The molecule has 0 saturated carbocycles. The van der Waals surface area contributed by atoms with Crippen LogP contribution in [0.5, 0.6) is 5.75 Å². The van der Waals surface area contributed by atoms with Crippen LogP contribution < -0.4 is 14.8 Å². The summed E-state index contributed by atoms with van der Waals surface area (Å²) >= 11 is 1.42. The molecule has 2 N–H and O–H groups in total. The van der Waals surface area contributed by atoms with E-state index in [1.54, 1.807) is 12.1 Å². The smallest absolute Gasteiger partial charge is 0.265 e. The number of sulfonamides is 1. The fourth-order valence-corrected chi connectivity index (χ4v) is 3.43. The minimum Gasteiger partial charge on any atom is -0.495 e. The zero-order valence-electron chi connectivity index (χ0n) is 13.3. The molecular weight excluding hydrogens is 336 g/mol. The highest BCUT2D eigenvalue weighted by molar-refractivity contribution is 7.92. The van der Waals surface area contributed by atoms with E-state index < -0.39 is 10.0 Å². The fraction of sp³-hybridized carbons (Fsp3) is 0.267. The summed E-state index contributed by atoms with van der Waals surface area (Å²) < 4.78 is 30.3. The minimum atomic E-state index is -3.45. The van der Waals surface area contributed by atoms with E-state index in [0.29, 0.717) is 16.3 Å². The number of methoxy groups -OCH3 is 1. The van der Waals surface area contributed by atoms with Crippen molar-refractivity contribution in [2.24, 2.45) is 0 Å². The molecule has 124 valence electrons. The first kappa shape index (κ1) is 17.3. The van der Waals surface area contributed by atoms with E-state index in [1.165, 1.54) is 24.5 Å². The second-order valence-electron chi connectivity index (χ2n) is 5.09. The third kappa shape index (κ3) is 4.46. The van der Waals surface area contributed by atoms with E-state index in [2.05, 4.69) is 10.0 Å². The number of hydrogen-bond acceptors (Lipinski definition) is 5. The molecule has 6 nitrogen and oxygen atoms in total. The minimum absolute atomic E-state index is 0.235. The third-order valence-corrected chi connectivity index (χ3v) is 4.88. The molecule has 2 aromatic rings. The second-order valence-corrected chi connectivity index (χ2v) is 8.10. The first-order valence-corrected chi connectivity index (χ1v) is 9.44. The van der Waals surface area contributed by atoms with Gasteiger partial charge in [0, 0.05) is 10.6 Å². The average Bonchev–Trinajstić information content (AvgIpc) is 2.77. The molecule has 23 heavy (non-hydrogen) atoms. The molecule has 0 spiro atoms. The molecule has 2 rings (SSSR count). The molecule has 1 heterocycles. The van der Waals surface area contributed by atoms with Crippen LogP contribution in [0, 0.1) is 13.8 Å². The number of rotatable bonds is 5. The number of aryl methyl sites for hydroxylation is 2. The molecule has 0 bridgehead atoms. The number of anilines is 2. The molecule has 0 atom stereocenters. The van der Waals surface area contributed by atoms with Crippen molar-refractivity contribution in [3.63, 3.8) is 0 Å². The first-order chi connectivity index (χ1) is 10.7. The summed E-state index contributed by atoms with van der Waals surface area (Å²) in [4.78, 5) is 14.0. The number of nitrogens with one attached hydrogen (secondary N) is 2. The standard InChI is InChI=1S/C15H18N2O4S2/c1-9-7-14(22-10(9)2)15(18)16-11-5-6-13(21-3)12(8-11)17-23(4,19)20/h5-8,17H,1-4H3,(H,16,18). The predicted octanol–water partition coefficient (Wildman–Crippen LogP) is 3.00. The highest BCUT2D eigenvalue weighted by Gasteiger charge is 2.13. The summed E-state index contributed by atoms with van der Waals surface area (Å²) in [6, 6.07) is 6.59. The number of carbonyl (C=O) groups excluding carboxylic acids is 1. The maximum absolute atomic E-state index is 12.3. The maximum Gasteiger partial charge on any atom is 0.265 e. The summed E-state index contributed by atoms with van der Waals surface area (Å²) in [5.74, 6) is 0.137. The molecule has 0 saturated heterocycles. The topological polar surface area (TPSA) is 84.5 Å². The van der Waals surface area contributed by atoms with Gasteiger partial charge in [0.1, 0.15) is 5.75 Å². The fourth-order valence-electron chi connectivity index (χ4n) is 1.94.